The Morgan fingerprint density at radius 2 is 1.26 bits per heavy atom. The highest BCUT2D eigenvalue weighted by Gasteiger charge is 2.20. The van der Waals surface area contributed by atoms with Gasteiger partial charge in [-0.2, -0.15) is 8.42 Å². The molecule has 6 nitrogen and oxygen atoms in total. The first-order valence-corrected chi connectivity index (χ1v) is 18.0. The average molecular weight is 576 g/mol. The third-order valence-corrected chi connectivity index (χ3v) is 8.41. The van der Waals surface area contributed by atoms with Crippen LogP contribution in [0.2, 0.25) is 0 Å². The van der Waals surface area contributed by atoms with Crippen molar-refractivity contribution in [2.75, 3.05) is 25.4 Å². The zero-order chi connectivity index (χ0) is 27.7. The van der Waals surface area contributed by atoms with E-state index in [2.05, 4.69) is 19.2 Å². The molecule has 1 aromatic rings. The Labute approximate surface area is 238 Å². The van der Waals surface area contributed by atoms with Crippen molar-refractivity contribution in [2.24, 2.45) is 0 Å². The molecule has 0 spiro atoms. The van der Waals surface area contributed by atoms with Crippen molar-refractivity contribution in [3.05, 3.63) is 10.8 Å². The number of nitrogens with one attached hydrogen (secondary N) is 1. The summed E-state index contributed by atoms with van der Waals surface area (Å²) in [6, 6.07) is 0. The predicted octanol–water partition coefficient (Wildman–Crippen LogP) is 8.80. The first kappa shape index (κ1) is 35.2. The van der Waals surface area contributed by atoms with E-state index in [4.69, 9.17) is 14.0 Å². The minimum absolute atomic E-state index is 0.122. The molecule has 1 aliphatic rings. The van der Waals surface area contributed by atoms with Crippen molar-refractivity contribution in [1.82, 2.24) is 5.32 Å². The van der Waals surface area contributed by atoms with Crippen molar-refractivity contribution >= 4 is 21.5 Å². The second kappa shape index (κ2) is 24.0. The van der Waals surface area contributed by atoms with Crippen LogP contribution in [0.4, 0.5) is 0 Å². The molecule has 0 radical (unpaired) electrons. The van der Waals surface area contributed by atoms with Gasteiger partial charge in [0.25, 0.3) is 10.1 Å². The van der Waals surface area contributed by atoms with E-state index in [0.29, 0.717) is 13.0 Å². The highest BCUT2D eigenvalue weighted by Crippen LogP contribution is 2.36. The zero-order valence-electron chi connectivity index (χ0n) is 24.4. The standard InChI is InChI=1S/C16H35N.C14H22O5S2/c1-3-5-7-9-11-13-15-17-16-14-12-10-8-6-4-2;15-21(16,17)8-6-4-2-1-3-5-7-12-9-18-13-10-20-11-14(13)19-12/h17H,3-16H2,1-2H3;10-12H,1-9H2,(H,15,16,17). The van der Waals surface area contributed by atoms with Crippen LogP contribution in [-0.4, -0.2) is 44.5 Å². The maximum absolute atomic E-state index is 10.5. The van der Waals surface area contributed by atoms with E-state index in [0.717, 1.165) is 50.0 Å². The van der Waals surface area contributed by atoms with Crippen LogP contribution < -0.4 is 14.8 Å². The largest absolute Gasteiger partial charge is 0.485 e. The van der Waals surface area contributed by atoms with E-state index in [-0.39, 0.29) is 11.9 Å². The van der Waals surface area contributed by atoms with Gasteiger partial charge in [0.15, 0.2) is 11.5 Å². The molecule has 0 aromatic carbocycles. The molecule has 2 rings (SSSR count). The van der Waals surface area contributed by atoms with Crippen LogP contribution in [0.15, 0.2) is 10.8 Å². The van der Waals surface area contributed by atoms with Crippen LogP contribution in [-0.2, 0) is 10.1 Å². The first-order chi connectivity index (χ1) is 18.5. The second-order valence-corrected chi connectivity index (χ2v) is 12.9. The maximum atomic E-state index is 10.5. The second-order valence-electron chi connectivity index (χ2n) is 10.6. The number of thiophene rings is 1. The Morgan fingerprint density at radius 3 is 1.84 bits per heavy atom. The Kier molecular flexibility index (Phi) is 22.2. The molecule has 0 amide bonds. The van der Waals surface area contributed by atoms with E-state index in [1.807, 2.05) is 10.8 Å². The normalized spacial score (nSPS) is 14.8. The summed E-state index contributed by atoms with van der Waals surface area (Å²) >= 11 is 1.59. The fourth-order valence-electron chi connectivity index (χ4n) is 4.55. The van der Waals surface area contributed by atoms with Crippen LogP contribution in [0, 0.1) is 0 Å². The van der Waals surface area contributed by atoms with Gasteiger partial charge in [0.2, 0.25) is 0 Å². The summed E-state index contributed by atoms with van der Waals surface area (Å²) in [5, 5.41) is 7.49. The molecule has 1 atom stereocenters. The molecule has 1 unspecified atom stereocenters. The van der Waals surface area contributed by atoms with Crippen LogP contribution in [0.25, 0.3) is 0 Å². The summed E-state index contributed by atoms with van der Waals surface area (Å²) in [5.41, 5.74) is 0. The smallest absolute Gasteiger partial charge is 0.264 e. The van der Waals surface area contributed by atoms with E-state index in [1.165, 1.54) is 90.1 Å². The van der Waals surface area contributed by atoms with E-state index in [9.17, 15) is 8.42 Å². The van der Waals surface area contributed by atoms with Crippen molar-refractivity contribution in [2.45, 2.75) is 142 Å². The maximum Gasteiger partial charge on any atom is 0.264 e. The van der Waals surface area contributed by atoms with E-state index >= 15 is 0 Å². The Hall–Kier alpha value is -0.830. The van der Waals surface area contributed by atoms with Gasteiger partial charge < -0.3 is 14.8 Å². The average Bonchev–Trinajstić information content (AvgIpc) is 3.36. The van der Waals surface area contributed by atoms with Crippen molar-refractivity contribution in [3.8, 4) is 11.5 Å². The lowest BCUT2D eigenvalue weighted by atomic mass is 10.1. The predicted molar refractivity (Wildman–Crippen MR) is 163 cm³/mol. The molecule has 224 valence electrons. The molecule has 1 aromatic heterocycles. The minimum atomic E-state index is -3.79. The molecule has 1 aliphatic heterocycles. The lowest BCUT2D eigenvalue weighted by Crippen LogP contribution is -2.28. The fourth-order valence-corrected chi connectivity index (χ4v) is 5.79. The molecule has 2 heterocycles. The molecule has 0 bridgehead atoms. The molecule has 0 fully saturated rings. The van der Waals surface area contributed by atoms with Gasteiger partial charge in [-0.1, -0.05) is 104 Å². The topological polar surface area (TPSA) is 84.9 Å². The number of ether oxygens (including phenoxy) is 2. The number of fused-ring (bicyclic) bond motifs is 1. The quantitative estimate of drug-likeness (QED) is 0.100. The van der Waals surface area contributed by atoms with Gasteiger partial charge >= 0.3 is 0 Å². The zero-order valence-corrected chi connectivity index (χ0v) is 26.0. The number of hydrogen-bond acceptors (Lipinski definition) is 6. The molecular formula is C30H57NO5S2. The van der Waals surface area contributed by atoms with Crippen molar-refractivity contribution in [3.63, 3.8) is 0 Å². The van der Waals surface area contributed by atoms with Gasteiger partial charge in [-0.05, 0) is 45.2 Å². The van der Waals surface area contributed by atoms with Crippen LogP contribution in [0.3, 0.4) is 0 Å². The Morgan fingerprint density at radius 1 is 0.763 bits per heavy atom. The monoisotopic (exact) mass is 575 g/mol. The summed E-state index contributed by atoms with van der Waals surface area (Å²) in [7, 11) is -3.79. The number of unbranched alkanes of at least 4 members (excludes halogenated alkanes) is 15. The van der Waals surface area contributed by atoms with Gasteiger partial charge in [-0.15, -0.1) is 11.3 Å². The third-order valence-electron chi connectivity index (χ3n) is 6.90. The van der Waals surface area contributed by atoms with Gasteiger partial charge in [0, 0.05) is 10.8 Å². The van der Waals surface area contributed by atoms with Gasteiger partial charge in [-0.3, -0.25) is 4.55 Å². The molecular weight excluding hydrogens is 518 g/mol. The van der Waals surface area contributed by atoms with Gasteiger partial charge in [-0.25, -0.2) is 0 Å². The summed E-state index contributed by atoms with van der Waals surface area (Å²) in [4.78, 5) is 0. The molecule has 0 saturated heterocycles. The SMILES string of the molecule is CCCCCCCCNCCCCCCCC.O=S(=O)(O)CCCCCCCCC1COc2cscc2O1. The van der Waals surface area contributed by atoms with E-state index < -0.39 is 10.1 Å². The summed E-state index contributed by atoms with van der Waals surface area (Å²) in [6.07, 6.45) is 23.7. The minimum Gasteiger partial charge on any atom is -0.485 e. The summed E-state index contributed by atoms with van der Waals surface area (Å²) < 4.78 is 41.2. The summed E-state index contributed by atoms with van der Waals surface area (Å²) in [6.45, 7) is 7.66. The van der Waals surface area contributed by atoms with Gasteiger partial charge in [0.05, 0.1) is 5.75 Å². The van der Waals surface area contributed by atoms with Crippen LogP contribution in [0.5, 0.6) is 11.5 Å². The third kappa shape index (κ3) is 21.0. The fraction of sp³-hybridized carbons (Fsp3) is 0.867. The molecule has 2 N–H and O–H groups in total. The van der Waals surface area contributed by atoms with Crippen molar-refractivity contribution in [1.29, 1.82) is 0 Å². The lowest BCUT2D eigenvalue weighted by Gasteiger charge is -2.24. The van der Waals surface area contributed by atoms with Gasteiger partial charge in [0.1, 0.15) is 12.7 Å². The highest BCUT2D eigenvalue weighted by molar-refractivity contribution is 7.85. The Balaban J connectivity index is 0.000000391. The molecule has 38 heavy (non-hydrogen) atoms. The van der Waals surface area contributed by atoms with Crippen LogP contribution in [0.1, 0.15) is 136 Å². The van der Waals surface area contributed by atoms with E-state index in [1.54, 1.807) is 11.3 Å². The highest BCUT2D eigenvalue weighted by atomic mass is 32.2. The number of rotatable bonds is 23. The Bertz CT molecular complexity index is 740. The first-order valence-electron chi connectivity index (χ1n) is 15.5. The molecule has 0 aliphatic carbocycles. The number of hydrogen-bond donors (Lipinski definition) is 2. The van der Waals surface area contributed by atoms with Crippen LogP contribution >= 0.6 is 11.3 Å². The molecule has 8 heteroatoms. The summed E-state index contributed by atoms with van der Waals surface area (Å²) in [5.74, 6) is 1.60. The lowest BCUT2D eigenvalue weighted by molar-refractivity contribution is 0.0842. The molecule has 0 saturated carbocycles. The van der Waals surface area contributed by atoms with Crippen molar-refractivity contribution < 1.29 is 22.4 Å².